The van der Waals surface area contributed by atoms with E-state index in [-0.39, 0.29) is 0 Å². The monoisotopic (exact) mass is 171 g/mol. The van der Waals surface area contributed by atoms with E-state index in [0.29, 0.717) is 0 Å². The van der Waals surface area contributed by atoms with Crippen molar-refractivity contribution in [1.29, 1.82) is 0 Å². The molecule has 0 aromatic rings. The van der Waals surface area contributed by atoms with Crippen LogP contribution in [0.15, 0.2) is 0 Å². The standard InChI is InChI=1S/C10H23N2/c1-5-11(6-2)9-10-12(7-3)8-4/h5H,6-10H2,1-4H3. The van der Waals surface area contributed by atoms with E-state index in [1.807, 2.05) is 0 Å². The molecule has 0 bridgehead atoms. The van der Waals surface area contributed by atoms with E-state index in [4.69, 9.17) is 0 Å². The van der Waals surface area contributed by atoms with Crippen LogP contribution in [0.5, 0.6) is 0 Å². The van der Waals surface area contributed by atoms with E-state index in [1.165, 1.54) is 6.54 Å². The smallest absolute Gasteiger partial charge is 0.0221 e. The fraction of sp³-hybridized carbons (Fsp3) is 0.900. The maximum absolute atomic E-state index is 2.45. The van der Waals surface area contributed by atoms with Crippen LogP contribution in [0.25, 0.3) is 0 Å². The third-order valence-electron chi connectivity index (χ3n) is 2.37. The van der Waals surface area contributed by atoms with Crippen LogP contribution < -0.4 is 0 Å². The van der Waals surface area contributed by atoms with Crippen LogP contribution in [0.2, 0.25) is 0 Å². The van der Waals surface area contributed by atoms with Crippen LogP contribution in [-0.4, -0.2) is 42.5 Å². The second kappa shape index (κ2) is 7.56. The molecule has 1 radical (unpaired) electrons. The summed E-state index contributed by atoms with van der Waals surface area (Å²) in [5.41, 5.74) is 0. The first-order valence-corrected chi connectivity index (χ1v) is 5.04. The molecule has 0 saturated heterocycles. The predicted molar refractivity (Wildman–Crippen MR) is 55.0 cm³/mol. The molecule has 0 aliphatic rings. The Balaban J connectivity index is 3.49. The second-order valence-electron chi connectivity index (χ2n) is 2.91. The molecule has 73 valence electrons. The van der Waals surface area contributed by atoms with Crippen molar-refractivity contribution in [1.82, 2.24) is 9.80 Å². The lowest BCUT2D eigenvalue weighted by Gasteiger charge is -2.23. The molecule has 0 fully saturated rings. The zero-order valence-electron chi connectivity index (χ0n) is 9.01. The zero-order chi connectivity index (χ0) is 9.40. The van der Waals surface area contributed by atoms with Crippen molar-refractivity contribution < 1.29 is 0 Å². The molecule has 0 N–H and O–H groups in total. The lowest BCUT2D eigenvalue weighted by Crippen LogP contribution is -2.33. The van der Waals surface area contributed by atoms with Crippen molar-refractivity contribution in [2.75, 3.05) is 32.7 Å². The Hall–Kier alpha value is -0.0800. The fourth-order valence-corrected chi connectivity index (χ4v) is 1.28. The fourth-order valence-electron chi connectivity index (χ4n) is 1.28. The van der Waals surface area contributed by atoms with Crippen molar-refractivity contribution in [2.45, 2.75) is 27.7 Å². The molecule has 2 heteroatoms. The minimum atomic E-state index is 1.12. The minimum absolute atomic E-state index is 1.12. The first-order valence-electron chi connectivity index (χ1n) is 5.04. The van der Waals surface area contributed by atoms with Gasteiger partial charge >= 0.3 is 0 Å². The van der Waals surface area contributed by atoms with E-state index in [2.05, 4.69) is 44.0 Å². The second-order valence-corrected chi connectivity index (χ2v) is 2.91. The lowest BCUT2D eigenvalue weighted by atomic mass is 10.4. The van der Waals surface area contributed by atoms with E-state index in [9.17, 15) is 0 Å². The summed E-state index contributed by atoms with van der Waals surface area (Å²) in [6.45, 7) is 16.7. The minimum Gasteiger partial charge on any atom is -0.303 e. The SMILES string of the molecule is C[CH]N(CC)CCN(CC)CC. The molecular weight excluding hydrogens is 148 g/mol. The molecule has 0 spiro atoms. The Bertz CT molecular complexity index is 73.8. The van der Waals surface area contributed by atoms with Crippen LogP contribution in [-0.2, 0) is 0 Å². The highest BCUT2D eigenvalue weighted by atomic mass is 15.2. The van der Waals surface area contributed by atoms with Crippen molar-refractivity contribution in [3.63, 3.8) is 0 Å². The Labute approximate surface area is 77.5 Å². The van der Waals surface area contributed by atoms with Crippen molar-refractivity contribution in [3.8, 4) is 0 Å². The number of nitrogens with zero attached hydrogens (tertiary/aromatic N) is 2. The van der Waals surface area contributed by atoms with Gasteiger partial charge in [0.05, 0.1) is 0 Å². The van der Waals surface area contributed by atoms with Gasteiger partial charge in [-0.05, 0) is 26.6 Å². The molecule has 0 saturated carbocycles. The van der Waals surface area contributed by atoms with E-state index >= 15 is 0 Å². The van der Waals surface area contributed by atoms with Gasteiger partial charge in [-0.25, -0.2) is 0 Å². The average Bonchev–Trinajstić information content (AvgIpc) is 2.13. The third-order valence-corrected chi connectivity index (χ3v) is 2.37. The van der Waals surface area contributed by atoms with E-state index in [1.54, 1.807) is 0 Å². The van der Waals surface area contributed by atoms with Gasteiger partial charge < -0.3 is 4.90 Å². The first kappa shape index (κ1) is 11.9. The molecule has 0 rings (SSSR count). The molecule has 0 unspecified atom stereocenters. The number of likely N-dealkylation sites (N-methyl/N-ethyl adjacent to an activating group) is 2. The molecular formula is C10H23N2. The van der Waals surface area contributed by atoms with Gasteiger partial charge in [-0.15, -0.1) is 0 Å². The van der Waals surface area contributed by atoms with Crippen LogP contribution in [0.4, 0.5) is 0 Å². The summed E-state index contributed by atoms with van der Waals surface area (Å²) in [5, 5.41) is 0. The molecule has 0 aliphatic heterocycles. The number of hydrogen-bond acceptors (Lipinski definition) is 2. The number of rotatable bonds is 7. The molecule has 0 aromatic carbocycles. The van der Waals surface area contributed by atoms with E-state index in [0.717, 1.165) is 26.2 Å². The zero-order valence-corrected chi connectivity index (χ0v) is 9.01. The average molecular weight is 171 g/mol. The highest BCUT2D eigenvalue weighted by Gasteiger charge is 2.02. The topological polar surface area (TPSA) is 6.48 Å². The van der Waals surface area contributed by atoms with Gasteiger partial charge in [0, 0.05) is 19.6 Å². The maximum atomic E-state index is 2.45. The summed E-state index contributed by atoms with van der Waals surface area (Å²) in [5.74, 6) is 0. The molecule has 0 heterocycles. The van der Waals surface area contributed by atoms with Gasteiger partial charge in [0.25, 0.3) is 0 Å². The summed E-state index contributed by atoms with van der Waals surface area (Å²) in [6, 6.07) is 0. The quantitative estimate of drug-likeness (QED) is 0.576. The van der Waals surface area contributed by atoms with Crippen molar-refractivity contribution in [2.24, 2.45) is 0 Å². The third kappa shape index (κ3) is 4.73. The molecule has 2 nitrogen and oxygen atoms in total. The Morgan fingerprint density at radius 2 is 1.50 bits per heavy atom. The van der Waals surface area contributed by atoms with Gasteiger partial charge in [-0.1, -0.05) is 20.8 Å². The summed E-state index contributed by atoms with van der Waals surface area (Å²) >= 11 is 0. The summed E-state index contributed by atoms with van der Waals surface area (Å²) in [7, 11) is 0. The highest BCUT2D eigenvalue weighted by Crippen LogP contribution is 1.93. The predicted octanol–water partition coefficient (Wildman–Crippen LogP) is 1.83. The Morgan fingerprint density at radius 1 is 0.917 bits per heavy atom. The van der Waals surface area contributed by atoms with Gasteiger partial charge in [-0.3, -0.25) is 4.90 Å². The molecule has 0 aliphatic carbocycles. The van der Waals surface area contributed by atoms with Crippen molar-refractivity contribution >= 4 is 0 Å². The lowest BCUT2D eigenvalue weighted by molar-refractivity contribution is 0.248. The first-order chi connectivity index (χ1) is 5.78. The Kier molecular flexibility index (Phi) is 7.51. The van der Waals surface area contributed by atoms with Gasteiger partial charge in [0.15, 0.2) is 0 Å². The molecule has 0 amide bonds. The Morgan fingerprint density at radius 3 is 1.83 bits per heavy atom. The summed E-state index contributed by atoms with van der Waals surface area (Å²) in [6.07, 6.45) is 0. The van der Waals surface area contributed by atoms with Gasteiger partial charge in [0.1, 0.15) is 0 Å². The normalized spacial score (nSPS) is 11.5. The highest BCUT2D eigenvalue weighted by molar-refractivity contribution is 4.64. The van der Waals surface area contributed by atoms with Crippen LogP contribution in [0.3, 0.4) is 0 Å². The van der Waals surface area contributed by atoms with Gasteiger partial charge in [0.2, 0.25) is 0 Å². The molecule has 12 heavy (non-hydrogen) atoms. The van der Waals surface area contributed by atoms with Gasteiger partial charge in [-0.2, -0.15) is 0 Å². The van der Waals surface area contributed by atoms with Crippen LogP contribution >= 0.6 is 0 Å². The summed E-state index contributed by atoms with van der Waals surface area (Å²) < 4.78 is 0. The van der Waals surface area contributed by atoms with E-state index < -0.39 is 0 Å². The van der Waals surface area contributed by atoms with Crippen LogP contribution in [0, 0.1) is 6.54 Å². The molecule has 0 atom stereocenters. The largest absolute Gasteiger partial charge is 0.303 e. The summed E-state index contributed by atoms with van der Waals surface area (Å²) in [4.78, 5) is 4.80. The van der Waals surface area contributed by atoms with Crippen LogP contribution in [0.1, 0.15) is 27.7 Å². The molecule has 0 aromatic heterocycles. The number of hydrogen-bond donors (Lipinski definition) is 0. The maximum Gasteiger partial charge on any atom is 0.0221 e. The van der Waals surface area contributed by atoms with Crippen molar-refractivity contribution in [3.05, 3.63) is 6.54 Å².